The third kappa shape index (κ3) is 3.75. The first-order valence-electron chi connectivity index (χ1n) is 7.41. The van der Waals surface area contributed by atoms with Gasteiger partial charge >= 0.3 is 0 Å². The fourth-order valence-electron chi connectivity index (χ4n) is 3.02. The first-order chi connectivity index (χ1) is 9.61. The van der Waals surface area contributed by atoms with Crippen LogP contribution < -0.4 is 5.32 Å². The molecule has 110 valence electrons. The molecular weight excluding hydrogens is 273 g/mol. The standard InChI is InChI=1S/C16H22FNOS/c1-2-15(11-6-4-3-5-7-11)18-16(19)13-10-12(20)8-9-14(13)17/h8-11,15,20H,2-7H2,1H3,(H,18,19). The smallest absolute Gasteiger partial charge is 0.254 e. The summed E-state index contributed by atoms with van der Waals surface area (Å²) in [6, 6.07) is 4.47. The Labute approximate surface area is 125 Å². The summed E-state index contributed by atoms with van der Waals surface area (Å²) < 4.78 is 13.7. The Kier molecular flexibility index (Phi) is 5.46. The zero-order valence-electron chi connectivity index (χ0n) is 11.9. The molecule has 1 N–H and O–H groups in total. The Morgan fingerprint density at radius 2 is 2.10 bits per heavy atom. The number of carbonyl (C=O) groups is 1. The summed E-state index contributed by atoms with van der Waals surface area (Å²) in [7, 11) is 0. The van der Waals surface area contributed by atoms with Gasteiger partial charge in [-0.05, 0) is 43.4 Å². The molecule has 1 unspecified atom stereocenters. The lowest BCUT2D eigenvalue weighted by Crippen LogP contribution is -2.41. The molecule has 1 aliphatic rings. The van der Waals surface area contributed by atoms with Crippen LogP contribution >= 0.6 is 12.6 Å². The molecule has 0 spiro atoms. The van der Waals surface area contributed by atoms with Gasteiger partial charge in [0.25, 0.3) is 5.91 Å². The molecule has 0 bridgehead atoms. The van der Waals surface area contributed by atoms with Crippen LogP contribution in [0.2, 0.25) is 0 Å². The summed E-state index contributed by atoms with van der Waals surface area (Å²) in [5.41, 5.74) is 0.0896. The molecule has 2 rings (SSSR count). The Morgan fingerprint density at radius 3 is 2.75 bits per heavy atom. The second-order valence-electron chi connectivity index (χ2n) is 5.55. The quantitative estimate of drug-likeness (QED) is 0.801. The minimum Gasteiger partial charge on any atom is -0.349 e. The summed E-state index contributed by atoms with van der Waals surface area (Å²) in [6.45, 7) is 2.07. The van der Waals surface area contributed by atoms with E-state index in [2.05, 4.69) is 24.9 Å². The zero-order valence-corrected chi connectivity index (χ0v) is 12.8. The second-order valence-corrected chi connectivity index (χ2v) is 6.07. The van der Waals surface area contributed by atoms with Crippen molar-refractivity contribution < 1.29 is 9.18 Å². The molecule has 0 heterocycles. The van der Waals surface area contributed by atoms with Crippen LogP contribution in [0, 0.1) is 11.7 Å². The van der Waals surface area contributed by atoms with E-state index in [4.69, 9.17) is 0 Å². The van der Waals surface area contributed by atoms with E-state index in [1.165, 1.54) is 31.4 Å². The topological polar surface area (TPSA) is 29.1 Å². The fourth-order valence-corrected chi connectivity index (χ4v) is 3.23. The van der Waals surface area contributed by atoms with Crippen LogP contribution in [0.25, 0.3) is 0 Å². The van der Waals surface area contributed by atoms with Gasteiger partial charge in [-0.25, -0.2) is 4.39 Å². The maximum absolute atomic E-state index is 13.7. The molecule has 1 atom stereocenters. The van der Waals surface area contributed by atoms with Gasteiger partial charge < -0.3 is 5.32 Å². The summed E-state index contributed by atoms with van der Waals surface area (Å²) in [5, 5.41) is 3.01. The highest BCUT2D eigenvalue weighted by atomic mass is 32.1. The molecule has 20 heavy (non-hydrogen) atoms. The van der Waals surface area contributed by atoms with Crippen LogP contribution in [0.5, 0.6) is 0 Å². The van der Waals surface area contributed by atoms with Crippen LogP contribution in [0.4, 0.5) is 4.39 Å². The van der Waals surface area contributed by atoms with Crippen LogP contribution in [-0.2, 0) is 0 Å². The number of hydrogen-bond acceptors (Lipinski definition) is 2. The summed E-state index contributed by atoms with van der Waals surface area (Å²) >= 11 is 4.16. The Morgan fingerprint density at radius 1 is 1.40 bits per heavy atom. The van der Waals surface area contributed by atoms with Gasteiger partial charge in [-0.15, -0.1) is 12.6 Å². The first-order valence-corrected chi connectivity index (χ1v) is 7.86. The summed E-state index contributed by atoms with van der Waals surface area (Å²) in [5.74, 6) is -0.283. The highest BCUT2D eigenvalue weighted by molar-refractivity contribution is 7.80. The lowest BCUT2D eigenvalue weighted by molar-refractivity contribution is 0.0907. The molecule has 1 amide bonds. The number of hydrogen-bond donors (Lipinski definition) is 2. The average Bonchev–Trinajstić information content (AvgIpc) is 2.48. The van der Waals surface area contributed by atoms with Crippen molar-refractivity contribution in [2.24, 2.45) is 5.92 Å². The number of amides is 1. The van der Waals surface area contributed by atoms with Crippen molar-refractivity contribution in [3.8, 4) is 0 Å². The fraction of sp³-hybridized carbons (Fsp3) is 0.562. The number of nitrogens with one attached hydrogen (secondary N) is 1. The Hall–Kier alpha value is -1.03. The van der Waals surface area contributed by atoms with Crippen molar-refractivity contribution in [1.29, 1.82) is 0 Å². The first kappa shape index (κ1) is 15.4. The van der Waals surface area contributed by atoms with Crippen molar-refractivity contribution >= 4 is 18.5 Å². The minimum absolute atomic E-state index is 0.0896. The number of rotatable bonds is 4. The molecule has 0 saturated heterocycles. The molecular formula is C16H22FNOS. The van der Waals surface area contributed by atoms with Gasteiger partial charge in [-0.3, -0.25) is 4.79 Å². The highest BCUT2D eigenvalue weighted by Crippen LogP contribution is 2.28. The number of carbonyl (C=O) groups excluding carboxylic acids is 1. The number of thiol groups is 1. The van der Waals surface area contributed by atoms with Crippen molar-refractivity contribution in [1.82, 2.24) is 5.32 Å². The third-order valence-electron chi connectivity index (χ3n) is 4.17. The van der Waals surface area contributed by atoms with Crippen molar-refractivity contribution in [2.75, 3.05) is 0 Å². The Bertz CT molecular complexity index is 472. The highest BCUT2D eigenvalue weighted by Gasteiger charge is 2.24. The number of benzene rings is 1. The predicted molar refractivity (Wildman–Crippen MR) is 81.8 cm³/mol. The van der Waals surface area contributed by atoms with Gasteiger partial charge in [0, 0.05) is 10.9 Å². The average molecular weight is 295 g/mol. The van der Waals surface area contributed by atoms with E-state index in [-0.39, 0.29) is 17.5 Å². The molecule has 2 nitrogen and oxygen atoms in total. The van der Waals surface area contributed by atoms with Crippen LogP contribution in [-0.4, -0.2) is 11.9 Å². The van der Waals surface area contributed by atoms with Gasteiger partial charge in [-0.1, -0.05) is 26.2 Å². The zero-order chi connectivity index (χ0) is 14.5. The molecule has 1 fully saturated rings. The van der Waals surface area contributed by atoms with Gasteiger partial charge in [0.15, 0.2) is 0 Å². The van der Waals surface area contributed by atoms with E-state index in [9.17, 15) is 9.18 Å². The maximum atomic E-state index is 13.7. The van der Waals surface area contributed by atoms with E-state index in [1.807, 2.05) is 0 Å². The van der Waals surface area contributed by atoms with E-state index in [0.717, 1.165) is 19.3 Å². The number of halogens is 1. The van der Waals surface area contributed by atoms with Crippen molar-refractivity contribution in [3.63, 3.8) is 0 Å². The van der Waals surface area contributed by atoms with E-state index >= 15 is 0 Å². The third-order valence-corrected chi connectivity index (χ3v) is 4.45. The van der Waals surface area contributed by atoms with E-state index in [1.54, 1.807) is 6.07 Å². The molecule has 1 aromatic rings. The molecule has 1 aliphatic carbocycles. The molecule has 0 radical (unpaired) electrons. The van der Waals surface area contributed by atoms with Gasteiger partial charge in [0.05, 0.1) is 5.56 Å². The molecule has 1 aromatic carbocycles. The molecule has 0 aliphatic heterocycles. The van der Waals surface area contributed by atoms with Crippen LogP contribution in [0.15, 0.2) is 23.1 Å². The molecule has 1 saturated carbocycles. The molecule has 4 heteroatoms. The second kappa shape index (κ2) is 7.11. The SMILES string of the molecule is CCC(NC(=O)c1cc(S)ccc1F)C1CCCCC1. The van der Waals surface area contributed by atoms with Crippen molar-refractivity contribution in [2.45, 2.75) is 56.4 Å². The largest absolute Gasteiger partial charge is 0.349 e. The van der Waals surface area contributed by atoms with E-state index in [0.29, 0.717) is 10.8 Å². The minimum atomic E-state index is -0.487. The lowest BCUT2D eigenvalue weighted by Gasteiger charge is -2.30. The van der Waals surface area contributed by atoms with Gasteiger partial charge in [0.1, 0.15) is 5.82 Å². The van der Waals surface area contributed by atoms with Crippen LogP contribution in [0.1, 0.15) is 55.8 Å². The normalized spacial score (nSPS) is 17.8. The lowest BCUT2D eigenvalue weighted by atomic mass is 9.83. The maximum Gasteiger partial charge on any atom is 0.254 e. The van der Waals surface area contributed by atoms with Crippen LogP contribution in [0.3, 0.4) is 0 Å². The Balaban J connectivity index is 2.06. The van der Waals surface area contributed by atoms with Gasteiger partial charge in [0.2, 0.25) is 0 Å². The monoisotopic (exact) mass is 295 g/mol. The predicted octanol–water partition coefficient (Wildman–Crippen LogP) is 4.20. The summed E-state index contributed by atoms with van der Waals surface area (Å²) in [4.78, 5) is 12.8. The summed E-state index contributed by atoms with van der Waals surface area (Å²) in [6.07, 6.45) is 6.96. The molecule has 0 aromatic heterocycles. The van der Waals surface area contributed by atoms with Crippen molar-refractivity contribution in [3.05, 3.63) is 29.6 Å². The van der Waals surface area contributed by atoms with E-state index < -0.39 is 5.82 Å². The van der Waals surface area contributed by atoms with Gasteiger partial charge in [-0.2, -0.15) is 0 Å².